The van der Waals surface area contributed by atoms with E-state index >= 15 is 0 Å². The summed E-state index contributed by atoms with van der Waals surface area (Å²) in [6.45, 7) is 0. The van der Waals surface area contributed by atoms with Crippen LogP contribution in [-0.4, -0.2) is 27.2 Å². The van der Waals surface area contributed by atoms with E-state index in [1.165, 1.54) is 18.0 Å². The van der Waals surface area contributed by atoms with Crippen molar-refractivity contribution in [3.63, 3.8) is 0 Å². The molecular weight excluding hydrogens is 411 g/mol. The van der Waals surface area contributed by atoms with Gasteiger partial charge >= 0.3 is 6.18 Å². The number of aromatic nitrogens is 3. The van der Waals surface area contributed by atoms with Crippen LogP contribution in [0.2, 0.25) is 0 Å². The molecule has 136 valence electrons. The predicted octanol–water partition coefficient (Wildman–Crippen LogP) is 4.90. The van der Waals surface area contributed by atoms with Gasteiger partial charge in [-0.1, -0.05) is 40.2 Å². The molecule has 0 unspecified atom stereocenters. The zero-order valence-electron chi connectivity index (χ0n) is 13.8. The maximum absolute atomic E-state index is 13.2. The molecule has 0 radical (unpaired) electrons. The van der Waals surface area contributed by atoms with E-state index in [1.54, 1.807) is 24.3 Å². The number of methoxy groups -OCH3 is 1. The molecule has 3 aromatic rings. The van der Waals surface area contributed by atoms with Gasteiger partial charge in [0.2, 0.25) is 5.88 Å². The first-order valence-corrected chi connectivity index (χ1v) is 8.87. The number of pyridine rings is 1. The van der Waals surface area contributed by atoms with Crippen LogP contribution in [0.1, 0.15) is 11.3 Å². The average Bonchev–Trinajstić information content (AvgIpc) is 3.08. The number of ether oxygens (including phenoxy) is 1. The topological polar surface area (TPSA) is 39.9 Å². The summed E-state index contributed by atoms with van der Waals surface area (Å²) in [7, 11) is 1.47. The van der Waals surface area contributed by atoms with Gasteiger partial charge in [-0.25, -0.2) is 9.67 Å². The number of nitrogens with zero attached hydrogens (tertiary/aromatic N) is 3. The van der Waals surface area contributed by atoms with Crippen LogP contribution in [0.15, 0.2) is 48.7 Å². The Morgan fingerprint density at radius 2 is 1.85 bits per heavy atom. The highest BCUT2D eigenvalue weighted by atomic mass is 79.9. The summed E-state index contributed by atoms with van der Waals surface area (Å²) in [5.74, 6) is 0.373. The third-order valence-corrected chi connectivity index (χ3v) is 4.20. The van der Waals surface area contributed by atoms with Crippen LogP contribution in [0.25, 0.3) is 16.9 Å². The van der Waals surface area contributed by atoms with Gasteiger partial charge in [-0.05, 0) is 24.1 Å². The lowest BCUT2D eigenvalue weighted by Gasteiger charge is -2.08. The molecule has 0 aliphatic rings. The fourth-order valence-electron chi connectivity index (χ4n) is 2.49. The molecule has 4 nitrogen and oxygen atoms in total. The van der Waals surface area contributed by atoms with Crippen LogP contribution in [0.3, 0.4) is 0 Å². The second-order valence-corrected chi connectivity index (χ2v) is 6.31. The smallest absolute Gasteiger partial charge is 0.435 e. The van der Waals surface area contributed by atoms with Crippen molar-refractivity contribution >= 4 is 15.9 Å². The molecule has 0 atom stereocenters. The van der Waals surface area contributed by atoms with Crippen molar-refractivity contribution in [3.8, 4) is 22.8 Å². The van der Waals surface area contributed by atoms with Crippen molar-refractivity contribution in [2.75, 3.05) is 12.4 Å². The average molecular weight is 426 g/mol. The molecule has 0 aliphatic heterocycles. The second kappa shape index (κ2) is 7.49. The number of benzene rings is 1. The fraction of sp³-hybridized carbons (Fsp3) is 0.222. The normalized spacial score (nSPS) is 11.6. The Balaban J connectivity index is 2.08. The standard InChI is InChI=1S/C18H15BrF3N3O/c1-26-17-7-6-14(11-23-17)25-15(10-16(24-25)18(20,21)22)13-4-2-12(3-5-13)8-9-19/h2-7,10-11H,8-9H2,1H3. The second-order valence-electron chi connectivity index (χ2n) is 5.52. The highest BCUT2D eigenvalue weighted by molar-refractivity contribution is 9.09. The molecule has 0 fully saturated rings. The van der Waals surface area contributed by atoms with E-state index in [2.05, 4.69) is 26.0 Å². The van der Waals surface area contributed by atoms with Crippen molar-refractivity contribution in [2.45, 2.75) is 12.6 Å². The summed E-state index contributed by atoms with van der Waals surface area (Å²) in [5, 5.41) is 4.57. The van der Waals surface area contributed by atoms with Gasteiger partial charge in [-0.15, -0.1) is 0 Å². The summed E-state index contributed by atoms with van der Waals surface area (Å²) in [6.07, 6.45) is -2.26. The number of hydrogen-bond acceptors (Lipinski definition) is 3. The number of alkyl halides is 4. The summed E-state index contributed by atoms with van der Waals surface area (Å²) in [4.78, 5) is 4.05. The molecule has 0 bridgehead atoms. The van der Waals surface area contributed by atoms with Crippen molar-refractivity contribution in [3.05, 3.63) is 59.9 Å². The Morgan fingerprint density at radius 1 is 1.12 bits per heavy atom. The molecule has 0 saturated carbocycles. The molecule has 3 rings (SSSR count). The SMILES string of the molecule is COc1ccc(-n2nc(C(F)(F)F)cc2-c2ccc(CCBr)cc2)cn1. The summed E-state index contributed by atoms with van der Waals surface area (Å²) in [6, 6.07) is 11.6. The van der Waals surface area contributed by atoms with Gasteiger partial charge in [0.15, 0.2) is 5.69 Å². The highest BCUT2D eigenvalue weighted by Crippen LogP contribution is 2.33. The third-order valence-electron chi connectivity index (χ3n) is 3.81. The summed E-state index contributed by atoms with van der Waals surface area (Å²) < 4.78 is 45.8. The maximum Gasteiger partial charge on any atom is 0.435 e. The van der Waals surface area contributed by atoms with Crippen molar-refractivity contribution in [1.82, 2.24) is 14.8 Å². The molecule has 8 heteroatoms. The Hall–Kier alpha value is -2.35. The lowest BCUT2D eigenvalue weighted by atomic mass is 10.1. The van der Waals surface area contributed by atoms with E-state index in [0.717, 1.165) is 23.4 Å². The summed E-state index contributed by atoms with van der Waals surface area (Å²) in [5.41, 5.74) is 1.55. The first kappa shape index (κ1) is 18.4. The number of rotatable bonds is 5. The van der Waals surface area contributed by atoms with Crippen LogP contribution in [0.5, 0.6) is 5.88 Å². The lowest BCUT2D eigenvalue weighted by Crippen LogP contribution is -2.07. The van der Waals surface area contributed by atoms with Gasteiger partial charge in [0.05, 0.1) is 24.7 Å². The van der Waals surface area contributed by atoms with Crippen molar-refractivity contribution < 1.29 is 17.9 Å². The third kappa shape index (κ3) is 3.90. The van der Waals surface area contributed by atoms with Gasteiger partial charge in [0, 0.05) is 17.0 Å². The van der Waals surface area contributed by atoms with Gasteiger partial charge in [-0.3, -0.25) is 0 Å². The molecular formula is C18H15BrF3N3O. The molecule has 2 aromatic heterocycles. The van der Waals surface area contributed by atoms with E-state index in [0.29, 0.717) is 22.8 Å². The first-order chi connectivity index (χ1) is 12.4. The Bertz CT molecular complexity index is 874. The Morgan fingerprint density at radius 3 is 2.38 bits per heavy atom. The zero-order chi connectivity index (χ0) is 18.7. The van der Waals surface area contributed by atoms with Gasteiger partial charge in [0.25, 0.3) is 0 Å². The molecule has 0 N–H and O–H groups in total. The van der Waals surface area contributed by atoms with E-state index < -0.39 is 11.9 Å². The number of aryl methyl sites for hydroxylation is 1. The molecule has 1 aromatic carbocycles. The van der Waals surface area contributed by atoms with Gasteiger partial charge in [0.1, 0.15) is 0 Å². The van der Waals surface area contributed by atoms with Crippen LogP contribution in [0.4, 0.5) is 13.2 Å². The number of hydrogen-bond donors (Lipinski definition) is 0. The van der Waals surface area contributed by atoms with E-state index in [1.807, 2.05) is 12.1 Å². The van der Waals surface area contributed by atoms with Crippen LogP contribution in [0, 0.1) is 0 Å². The van der Waals surface area contributed by atoms with Gasteiger partial charge < -0.3 is 4.74 Å². The van der Waals surface area contributed by atoms with Crippen LogP contribution >= 0.6 is 15.9 Å². The van der Waals surface area contributed by atoms with E-state index in [-0.39, 0.29) is 0 Å². The van der Waals surface area contributed by atoms with Crippen molar-refractivity contribution in [2.24, 2.45) is 0 Å². The van der Waals surface area contributed by atoms with E-state index in [4.69, 9.17) is 4.74 Å². The quantitative estimate of drug-likeness (QED) is 0.545. The Labute approximate surface area is 156 Å². The molecule has 2 heterocycles. The maximum atomic E-state index is 13.2. The predicted molar refractivity (Wildman–Crippen MR) is 95.8 cm³/mol. The fourth-order valence-corrected chi connectivity index (χ4v) is 2.95. The molecule has 0 saturated heterocycles. The minimum Gasteiger partial charge on any atom is -0.481 e. The van der Waals surface area contributed by atoms with E-state index in [9.17, 15) is 13.2 Å². The lowest BCUT2D eigenvalue weighted by molar-refractivity contribution is -0.141. The molecule has 26 heavy (non-hydrogen) atoms. The molecule has 0 spiro atoms. The monoisotopic (exact) mass is 425 g/mol. The molecule has 0 amide bonds. The highest BCUT2D eigenvalue weighted by Gasteiger charge is 2.35. The van der Waals surface area contributed by atoms with Crippen LogP contribution < -0.4 is 4.74 Å². The van der Waals surface area contributed by atoms with Crippen LogP contribution in [-0.2, 0) is 12.6 Å². The first-order valence-electron chi connectivity index (χ1n) is 7.75. The molecule has 0 aliphatic carbocycles. The Kier molecular flexibility index (Phi) is 5.31. The zero-order valence-corrected chi connectivity index (χ0v) is 15.4. The number of halogens is 4. The minimum absolute atomic E-state index is 0.342. The van der Waals surface area contributed by atoms with Gasteiger partial charge in [-0.2, -0.15) is 18.3 Å². The van der Waals surface area contributed by atoms with Crippen molar-refractivity contribution in [1.29, 1.82) is 0 Å². The minimum atomic E-state index is -4.53. The summed E-state index contributed by atoms with van der Waals surface area (Å²) >= 11 is 3.37. The largest absolute Gasteiger partial charge is 0.481 e.